The van der Waals surface area contributed by atoms with Crippen molar-refractivity contribution in [1.82, 2.24) is 10.2 Å². The molecule has 0 radical (unpaired) electrons. The monoisotopic (exact) mass is 288 g/mol. The van der Waals surface area contributed by atoms with Crippen molar-refractivity contribution in [2.75, 3.05) is 13.1 Å². The number of hydrogen-bond acceptors (Lipinski definition) is 2. The number of carbonyl (C=O) groups is 2. The molecular formula is C17H24N2O2. The topological polar surface area (TPSA) is 49.4 Å². The molecule has 1 saturated heterocycles. The molecule has 4 nitrogen and oxygen atoms in total. The van der Waals surface area contributed by atoms with Gasteiger partial charge < -0.3 is 10.2 Å². The summed E-state index contributed by atoms with van der Waals surface area (Å²) >= 11 is 0. The third-order valence-corrected chi connectivity index (χ3v) is 4.15. The molecule has 1 aromatic rings. The van der Waals surface area contributed by atoms with Gasteiger partial charge in [-0.1, -0.05) is 26.0 Å². The van der Waals surface area contributed by atoms with Gasteiger partial charge in [0.1, 0.15) is 0 Å². The molecule has 0 saturated carbocycles. The van der Waals surface area contributed by atoms with E-state index in [9.17, 15) is 9.59 Å². The van der Waals surface area contributed by atoms with Crippen molar-refractivity contribution in [1.29, 1.82) is 0 Å². The van der Waals surface area contributed by atoms with E-state index in [-0.39, 0.29) is 17.9 Å². The molecule has 4 heteroatoms. The lowest BCUT2D eigenvalue weighted by atomic mass is 10.0. The van der Waals surface area contributed by atoms with Crippen LogP contribution in [0, 0.1) is 5.92 Å². The van der Waals surface area contributed by atoms with Crippen LogP contribution in [0.15, 0.2) is 24.3 Å². The van der Waals surface area contributed by atoms with Crippen LogP contribution >= 0.6 is 0 Å². The van der Waals surface area contributed by atoms with E-state index >= 15 is 0 Å². The van der Waals surface area contributed by atoms with Gasteiger partial charge in [-0.25, -0.2) is 0 Å². The summed E-state index contributed by atoms with van der Waals surface area (Å²) in [6.45, 7) is 7.68. The van der Waals surface area contributed by atoms with Crippen molar-refractivity contribution in [3.63, 3.8) is 0 Å². The number of rotatable bonds is 4. The van der Waals surface area contributed by atoms with E-state index in [1.165, 1.54) is 0 Å². The van der Waals surface area contributed by atoms with E-state index < -0.39 is 0 Å². The van der Waals surface area contributed by atoms with Crippen molar-refractivity contribution < 1.29 is 9.59 Å². The lowest BCUT2D eigenvalue weighted by Crippen LogP contribution is -2.37. The van der Waals surface area contributed by atoms with Gasteiger partial charge >= 0.3 is 0 Å². The molecule has 1 aliphatic heterocycles. The second-order valence-electron chi connectivity index (χ2n) is 6.05. The molecule has 2 amide bonds. The Bertz CT molecular complexity index is 519. The second-order valence-corrected chi connectivity index (χ2v) is 6.05. The smallest absolute Gasteiger partial charge is 0.254 e. The van der Waals surface area contributed by atoms with Crippen LogP contribution in [0.5, 0.6) is 0 Å². The number of nitrogens with one attached hydrogen (secondary N) is 1. The lowest BCUT2D eigenvalue weighted by molar-refractivity contribution is 0.0783. The predicted molar refractivity (Wildman–Crippen MR) is 83.3 cm³/mol. The largest absolute Gasteiger partial charge is 0.349 e. The number of likely N-dealkylation sites (tertiary alicyclic amines) is 1. The molecule has 21 heavy (non-hydrogen) atoms. The first-order chi connectivity index (χ1) is 10.0. The van der Waals surface area contributed by atoms with E-state index in [0.717, 1.165) is 25.9 Å². The Morgan fingerprint density at radius 3 is 2.19 bits per heavy atom. The maximum absolute atomic E-state index is 12.5. The minimum Gasteiger partial charge on any atom is -0.349 e. The van der Waals surface area contributed by atoms with Gasteiger partial charge in [0.2, 0.25) is 0 Å². The van der Waals surface area contributed by atoms with Crippen molar-refractivity contribution in [3.05, 3.63) is 35.4 Å². The molecule has 0 unspecified atom stereocenters. The van der Waals surface area contributed by atoms with Crippen molar-refractivity contribution in [2.24, 2.45) is 5.92 Å². The van der Waals surface area contributed by atoms with Gasteiger partial charge in [0, 0.05) is 19.1 Å². The highest BCUT2D eigenvalue weighted by atomic mass is 16.2. The molecule has 1 N–H and O–H groups in total. The van der Waals surface area contributed by atoms with Crippen molar-refractivity contribution >= 4 is 11.8 Å². The average molecular weight is 288 g/mol. The fourth-order valence-corrected chi connectivity index (χ4v) is 2.41. The number of nitrogens with zero attached hydrogens (tertiary/aromatic N) is 1. The van der Waals surface area contributed by atoms with Gasteiger partial charge in [-0.3, -0.25) is 9.59 Å². The van der Waals surface area contributed by atoms with Crippen LogP contribution in [-0.2, 0) is 0 Å². The lowest BCUT2D eigenvalue weighted by Gasteiger charge is -2.20. The van der Waals surface area contributed by atoms with E-state index in [1.807, 2.05) is 17.9 Å². The quantitative estimate of drug-likeness (QED) is 0.926. The summed E-state index contributed by atoms with van der Waals surface area (Å²) in [4.78, 5) is 26.8. The molecule has 0 spiro atoms. The minimum atomic E-state index is -0.167. The predicted octanol–water partition coefficient (Wildman–Crippen LogP) is 2.70. The van der Waals surface area contributed by atoms with Crippen molar-refractivity contribution in [3.8, 4) is 0 Å². The van der Waals surface area contributed by atoms with Crippen LogP contribution in [0.3, 0.4) is 0 Å². The van der Waals surface area contributed by atoms with Gasteiger partial charge in [0.05, 0.1) is 11.1 Å². The minimum absolute atomic E-state index is 0.0320. The Hall–Kier alpha value is -1.84. The number of amides is 2. The maximum atomic E-state index is 12.5. The summed E-state index contributed by atoms with van der Waals surface area (Å²) in [7, 11) is 0. The highest BCUT2D eigenvalue weighted by molar-refractivity contribution is 6.07. The summed E-state index contributed by atoms with van der Waals surface area (Å²) < 4.78 is 0. The first-order valence-corrected chi connectivity index (χ1v) is 7.70. The molecule has 1 fully saturated rings. The number of hydrogen-bond donors (Lipinski definition) is 1. The van der Waals surface area contributed by atoms with Gasteiger partial charge in [0.25, 0.3) is 11.8 Å². The Morgan fingerprint density at radius 2 is 1.62 bits per heavy atom. The first kappa shape index (κ1) is 15.5. The van der Waals surface area contributed by atoms with Gasteiger partial charge in [-0.2, -0.15) is 0 Å². The zero-order chi connectivity index (χ0) is 15.4. The first-order valence-electron chi connectivity index (χ1n) is 7.70. The maximum Gasteiger partial charge on any atom is 0.254 e. The Kier molecular flexibility index (Phi) is 4.99. The van der Waals surface area contributed by atoms with Crippen LogP contribution in [0.2, 0.25) is 0 Å². The van der Waals surface area contributed by atoms with Crippen LogP contribution in [0.4, 0.5) is 0 Å². The summed E-state index contributed by atoms with van der Waals surface area (Å²) in [6, 6.07) is 7.16. The average Bonchev–Trinajstić information content (AvgIpc) is 3.00. The fourth-order valence-electron chi connectivity index (χ4n) is 2.41. The van der Waals surface area contributed by atoms with Crippen LogP contribution in [0.25, 0.3) is 0 Å². The third kappa shape index (κ3) is 3.63. The number of benzene rings is 1. The molecule has 1 atom stereocenters. The van der Waals surface area contributed by atoms with Gasteiger partial charge in [-0.05, 0) is 37.8 Å². The molecule has 0 aromatic heterocycles. The Labute approximate surface area is 126 Å². The third-order valence-electron chi connectivity index (χ3n) is 4.15. The van der Waals surface area contributed by atoms with Crippen LogP contribution < -0.4 is 5.32 Å². The highest BCUT2D eigenvalue weighted by Gasteiger charge is 2.24. The normalized spacial score (nSPS) is 16.1. The number of carbonyl (C=O) groups excluding carboxylic acids is 2. The van der Waals surface area contributed by atoms with Gasteiger partial charge in [-0.15, -0.1) is 0 Å². The second kappa shape index (κ2) is 6.74. The molecule has 2 rings (SSSR count). The molecule has 1 heterocycles. The zero-order valence-electron chi connectivity index (χ0n) is 13.1. The van der Waals surface area contributed by atoms with E-state index in [2.05, 4.69) is 19.2 Å². The summed E-state index contributed by atoms with van der Waals surface area (Å²) in [5.74, 6) is 0.158. The SMILES string of the molecule is CC(C)[C@@H](C)NC(=O)c1ccccc1C(=O)N1CCCC1. The van der Waals surface area contributed by atoms with Crippen molar-refractivity contribution in [2.45, 2.75) is 39.7 Å². The molecule has 1 aromatic carbocycles. The standard InChI is InChI=1S/C17H24N2O2/c1-12(2)13(3)18-16(20)14-8-4-5-9-15(14)17(21)19-10-6-7-11-19/h4-5,8-9,12-13H,6-7,10-11H2,1-3H3,(H,18,20)/t13-/m1/s1. The highest BCUT2D eigenvalue weighted by Crippen LogP contribution is 2.17. The van der Waals surface area contributed by atoms with Gasteiger partial charge in [0.15, 0.2) is 0 Å². The van der Waals surface area contributed by atoms with Crippen LogP contribution in [-0.4, -0.2) is 35.8 Å². The zero-order valence-corrected chi connectivity index (χ0v) is 13.1. The molecule has 1 aliphatic rings. The molecular weight excluding hydrogens is 264 g/mol. The Morgan fingerprint density at radius 1 is 1.05 bits per heavy atom. The Balaban J connectivity index is 2.20. The van der Waals surface area contributed by atoms with E-state index in [0.29, 0.717) is 17.0 Å². The van der Waals surface area contributed by atoms with Crippen LogP contribution in [0.1, 0.15) is 54.3 Å². The fraction of sp³-hybridized carbons (Fsp3) is 0.529. The van der Waals surface area contributed by atoms with E-state index in [1.54, 1.807) is 18.2 Å². The van der Waals surface area contributed by atoms with E-state index in [4.69, 9.17) is 0 Å². The molecule has 0 bridgehead atoms. The molecule has 0 aliphatic carbocycles. The molecule has 114 valence electrons. The summed E-state index contributed by atoms with van der Waals surface area (Å²) in [5.41, 5.74) is 0.981. The summed E-state index contributed by atoms with van der Waals surface area (Å²) in [6.07, 6.45) is 2.09. The summed E-state index contributed by atoms with van der Waals surface area (Å²) in [5, 5.41) is 2.97.